The van der Waals surface area contributed by atoms with Crippen molar-refractivity contribution in [2.24, 2.45) is 5.10 Å². The first kappa shape index (κ1) is 12.2. The second-order valence-corrected chi connectivity index (χ2v) is 4.44. The minimum Gasteiger partial charge on any atom is -0.380 e. The zero-order valence-electron chi connectivity index (χ0n) is 10.9. The van der Waals surface area contributed by atoms with Crippen LogP contribution in [0, 0.1) is 0 Å². The molecule has 0 atom stereocenters. The molecule has 2 aromatic heterocycles. The lowest BCUT2D eigenvalue weighted by atomic mass is 10.1. The third-order valence-corrected chi connectivity index (χ3v) is 3.06. The molecule has 10 heteroatoms. The summed E-state index contributed by atoms with van der Waals surface area (Å²) in [6, 6.07) is 7.21. The van der Waals surface area contributed by atoms with Crippen LogP contribution in [0.1, 0.15) is 5.56 Å². The summed E-state index contributed by atoms with van der Waals surface area (Å²) < 4.78 is 4.51. The van der Waals surface area contributed by atoms with E-state index >= 15 is 0 Å². The zero-order valence-corrected chi connectivity index (χ0v) is 10.9. The molecule has 0 aliphatic carbocycles. The van der Waals surface area contributed by atoms with Crippen LogP contribution in [0.4, 0.5) is 17.3 Å². The second kappa shape index (κ2) is 4.48. The van der Waals surface area contributed by atoms with E-state index in [1.165, 1.54) is 0 Å². The van der Waals surface area contributed by atoms with Gasteiger partial charge in [0.25, 0.3) is 5.91 Å². The molecule has 10 nitrogen and oxygen atoms in total. The Morgan fingerprint density at radius 3 is 2.82 bits per heavy atom. The molecule has 0 bridgehead atoms. The highest BCUT2D eigenvalue weighted by atomic mass is 16.6. The summed E-state index contributed by atoms with van der Waals surface area (Å²) in [5.41, 5.74) is 10.4. The van der Waals surface area contributed by atoms with Crippen LogP contribution >= 0.6 is 0 Å². The SMILES string of the molecule is Nc1nc2nonc2nc1N/N=C1\C(=O)Nc2ccccc21. The highest BCUT2D eigenvalue weighted by Gasteiger charge is 2.25. The molecular formula is C12H8N8O2. The van der Waals surface area contributed by atoms with Gasteiger partial charge in [0.15, 0.2) is 17.3 Å². The van der Waals surface area contributed by atoms with Crippen molar-refractivity contribution in [3.63, 3.8) is 0 Å². The molecule has 0 fully saturated rings. The van der Waals surface area contributed by atoms with Crippen molar-refractivity contribution >= 4 is 40.2 Å². The maximum Gasteiger partial charge on any atom is 0.276 e. The van der Waals surface area contributed by atoms with E-state index in [-0.39, 0.29) is 34.5 Å². The molecular weight excluding hydrogens is 288 g/mol. The normalized spacial score (nSPS) is 15.1. The van der Waals surface area contributed by atoms with Crippen molar-refractivity contribution in [2.75, 3.05) is 16.5 Å². The summed E-state index contributed by atoms with van der Waals surface area (Å²) in [5, 5.41) is 13.9. The van der Waals surface area contributed by atoms with E-state index in [2.05, 4.69) is 40.8 Å². The Morgan fingerprint density at radius 2 is 1.95 bits per heavy atom. The van der Waals surface area contributed by atoms with Crippen molar-refractivity contribution in [2.45, 2.75) is 0 Å². The number of carbonyl (C=O) groups is 1. The number of benzene rings is 1. The Morgan fingerprint density at radius 1 is 1.18 bits per heavy atom. The Kier molecular flexibility index (Phi) is 2.48. The van der Waals surface area contributed by atoms with Gasteiger partial charge < -0.3 is 11.1 Å². The van der Waals surface area contributed by atoms with Crippen LogP contribution in [0.15, 0.2) is 34.0 Å². The van der Waals surface area contributed by atoms with E-state index in [0.29, 0.717) is 11.3 Å². The summed E-state index contributed by atoms with van der Waals surface area (Å²) >= 11 is 0. The van der Waals surface area contributed by atoms with Gasteiger partial charge in [-0.25, -0.2) is 9.61 Å². The number of amides is 1. The van der Waals surface area contributed by atoms with E-state index in [1.807, 2.05) is 12.1 Å². The quantitative estimate of drug-likeness (QED) is 0.575. The van der Waals surface area contributed by atoms with Gasteiger partial charge in [0.1, 0.15) is 0 Å². The largest absolute Gasteiger partial charge is 0.380 e. The van der Waals surface area contributed by atoms with Gasteiger partial charge in [-0.15, -0.1) is 0 Å². The molecule has 0 saturated carbocycles. The average molecular weight is 296 g/mol. The first-order chi connectivity index (χ1) is 10.7. The maximum absolute atomic E-state index is 11.9. The van der Waals surface area contributed by atoms with E-state index in [9.17, 15) is 4.79 Å². The van der Waals surface area contributed by atoms with E-state index < -0.39 is 0 Å². The zero-order chi connectivity index (χ0) is 15.1. The maximum atomic E-state index is 11.9. The molecule has 1 aromatic carbocycles. The molecule has 4 rings (SSSR count). The number of carbonyl (C=O) groups excluding carboxylic acids is 1. The molecule has 1 amide bonds. The molecule has 0 saturated heterocycles. The van der Waals surface area contributed by atoms with Gasteiger partial charge in [0, 0.05) is 5.56 Å². The summed E-state index contributed by atoms with van der Waals surface area (Å²) in [5.74, 6) is -0.0865. The van der Waals surface area contributed by atoms with Crippen molar-refractivity contribution < 1.29 is 9.42 Å². The van der Waals surface area contributed by atoms with Crippen LogP contribution in [-0.4, -0.2) is 31.9 Å². The molecule has 4 N–H and O–H groups in total. The third kappa shape index (κ3) is 1.82. The van der Waals surface area contributed by atoms with Crippen LogP contribution in [-0.2, 0) is 4.79 Å². The Labute approximate surface area is 122 Å². The van der Waals surface area contributed by atoms with Crippen molar-refractivity contribution in [3.8, 4) is 0 Å². The van der Waals surface area contributed by atoms with Crippen molar-refractivity contribution in [3.05, 3.63) is 29.8 Å². The summed E-state index contributed by atoms with van der Waals surface area (Å²) in [6.07, 6.45) is 0. The van der Waals surface area contributed by atoms with E-state index in [1.54, 1.807) is 12.1 Å². The fourth-order valence-corrected chi connectivity index (χ4v) is 2.06. The molecule has 22 heavy (non-hydrogen) atoms. The van der Waals surface area contributed by atoms with Gasteiger partial charge >= 0.3 is 0 Å². The molecule has 108 valence electrons. The van der Waals surface area contributed by atoms with Gasteiger partial charge in [-0.1, -0.05) is 18.2 Å². The topological polar surface area (TPSA) is 144 Å². The number of rotatable bonds is 2. The first-order valence-electron chi connectivity index (χ1n) is 6.22. The number of nitrogen functional groups attached to an aromatic ring is 1. The van der Waals surface area contributed by atoms with Crippen LogP contribution in [0.3, 0.4) is 0 Å². The number of nitrogens with one attached hydrogen (secondary N) is 2. The predicted octanol–water partition coefficient (Wildman–Crippen LogP) is 0.363. The first-order valence-corrected chi connectivity index (χ1v) is 6.22. The Bertz CT molecular complexity index is 932. The highest BCUT2D eigenvalue weighted by Crippen LogP contribution is 2.23. The third-order valence-electron chi connectivity index (χ3n) is 3.06. The molecule has 1 aliphatic heterocycles. The molecule has 3 heterocycles. The monoisotopic (exact) mass is 296 g/mol. The van der Waals surface area contributed by atoms with Gasteiger partial charge in [-0.3, -0.25) is 10.2 Å². The Hall–Kier alpha value is -3.56. The van der Waals surface area contributed by atoms with Crippen LogP contribution in [0.2, 0.25) is 0 Å². The van der Waals surface area contributed by atoms with Gasteiger partial charge in [0.2, 0.25) is 11.3 Å². The van der Waals surface area contributed by atoms with Crippen LogP contribution in [0.25, 0.3) is 11.3 Å². The number of anilines is 3. The molecule has 0 spiro atoms. The average Bonchev–Trinajstić information content (AvgIpc) is 3.08. The number of nitrogens with two attached hydrogens (primary N) is 1. The van der Waals surface area contributed by atoms with E-state index in [4.69, 9.17) is 5.73 Å². The van der Waals surface area contributed by atoms with Crippen LogP contribution < -0.4 is 16.5 Å². The fraction of sp³-hybridized carbons (Fsp3) is 0. The lowest BCUT2D eigenvalue weighted by Gasteiger charge is -2.02. The van der Waals surface area contributed by atoms with Gasteiger partial charge in [-0.05, 0) is 16.4 Å². The number of hydrogen-bond acceptors (Lipinski definition) is 9. The standard InChI is InChI=1S/C12H8N8O2/c13-8-9(16-11-10(15-8)19-22-20-11)18-17-7-5-3-1-2-4-6(5)14-12(7)21/h1-4H,(H2,13,15,19)(H,14,17,21)(H,16,18,20). The summed E-state index contributed by atoms with van der Waals surface area (Å²) in [7, 11) is 0. The number of fused-ring (bicyclic) bond motifs is 2. The lowest BCUT2D eigenvalue weighted by Crippen LogP contribution is -2.16. The minimum absolute atomic E-state index is 0.0687. The number of hydrazone groups is 1. The number of aromatic nitrogens is 4. The summed E-state index contributed by atoms with van der Waals surface area (Å²) in [4.78, 5) is 20.0. The molecule has 0 radical (unpaired) electrons. The van der Waals surface area contributed by atoms with Gasteiger partial charge in [0.05, 0.1) is 5.69 Å². The number of para-hydroxylation sites is 1. The van der Waals surface area contributed by atoms with Gasteiger partial charge in [-0.2, -0.15) is 10.1 Å². The number of hydrogen-bond donors (Lipinski definition) is 3. The fourth-order valence-electron chi connectivity index (χ4n) is 2.06. The predicted molar refractivity (Wildman–Crippen MR) is 77.0 cm³/mol. The molecule has 3 aromatic rings. The lowest BCUT2D eigenvalue weighted by molar-refractivity contribution is -0.110. The Balaban J connectivity index is 1.71. The summed E-state index contributed by atoms with van der Waals surface area (Å²) in [6.45, 7) is 0. The van der Waals surface area contributed by atoms with Crippen molar-refractivity contribution in [1.82, 2.24) is 20.3 Å². The highest BCUT2D eigenvalue weighted by molar-refractivity contribution is 6.53. The van der Waals surface area contributed by atoms with Crippen LogP contribution in [0.5, 0.6) is 0 Å². The second-order valence-electron chi connectivity index (χ2n) is 4.44. The molecule has 0 unspecified atom stereocenters. The smallest absolute Gasteiger partial charge is 0.276 e. The van der Waals surface area contributed by atoms with Crippen molar-refractivity contribution in [1.29, 1.82) is 0 Å². The number of nitrogens with zero attached hydrogens (tertiary/aromatic N) is 5. The molecule has 1 aliphatic rings. The minimum atomic E-state index is -0.315. The van der Waals surface area contributed by atoms with E-state index in [0.717, 1.165) is 0 Å².